The van der Waals surface area contributed by atoms with E-state index < -0.39 is 0 Å². The Morgan fingerprint density at radius 3 is 2.69 bits per heavy atom. The molecule has 7 heteroatoms. The summed E-state index contributed by atoms with van der Waals surface area (Å²) < 4.78 is 5.91. The number of amides is 1. The maximum Gasteiger partial charge on any atom is 0.247 e. The first-order valence-electron chi connectivity index (χ1n) is 9.74. The maximum absolute atomic E-state index is 11.2. The summed E-state index contributed by atoms with van der Waals surface area (Å²) in [4.78, 5) is 14.6. The molecule has 4 aromatic rings. The summed E-state index contributed by atoms with van der Waals surface area (Å²) in [6.45, 7) is 2.49. The molecular formula is C22H21N5O2. The van der Waals surface area contributed by atoms with Crippen LogP contribution in [0.1, 0.15) is 31.7 Å². The Balaban J connectivity index is 1.42. The average Bonchev–Trinajstić information content (AvgIpc) is 3.46. The molecule has 3 heterocycles. The Hall–Kier alpha value is -3.45. The standard InChI is InChI=1S/C22H21N5O2/c1-13(28)24-17-7-4-14(5-8-17)20-12-16-11-15(6-9-18(16)25-20)21-26-27-22(29-21)19-3-2-10-23-19/h4-9,11-12,19,23,25H,2-3,10H2,1H3,(H,24,28). The van der Waals surface area contributed by atoms with E-state index in [1.54, 1.807) is 0 Å². The van der Waals surface area contributed by atoms with Crippen LogP contribution in [0.15, 0.2) is 52.9 Å². The van der Waals surface area contributed by atoms with E-state index in [1.807, 2.05) is 36.4 Å². The lowest BCUT2D eigenvalue weighted by atomic mass is 10.1. The normalized spacial score (nSPS) is 16.4. The Morgan fingerprint density at radius 1 is 1.10 bits per heavy atom. The molecule has 1 unspecified atom stereocenters. The second kappa shape index (κ2) is 7.18. The number of benzene rings is 2. The number of anilines is 1. The Bertz CT molecular complexity index is 1170. The Labute approximate surface area is 167 Å². The highest BCUT2D eigenvalue weighted by Gasteiger charge is 2.22. The number of hydrogen-bond donors (Lipinski definition) is 3. The van der Waals surface area contributed by atoms with Crippen LogP contribution in [0.25, 0.3) is 33.6 Å². The Morgan fingerprint density at radius 2 is 1.93 bits per heavy atom. The number of rotatable bonds is 4. The zero-order valence-corrected chi connectivity index (χ0v) is 16.0. The molecule has 0 spiro atoms. The van der Waals surface area contributed by atoms with Gasteiger partial charge in [-0.1, -0.05) is 12.1 Å². The molecule has 0 aliphatic carbocycles. The van der Waals surface area contributed by atoms with Crippen molar-refractivity contribution in [2.45, 2.75) is 25.8 Å². The van der Waals surface area contributed by atoms with Crippen molar-refractivity contribution in [3.05, 3.63) is 54.4 Å². The number of aromatic nitrogens is 3. The van der Waals surface area contributed by atoms with Gasteiger partial charge in [-0.15, -0.1) is 10.2 Å². The van der Waals surface area contributed by atoms with E-state index in [-0.39, 0.29) is 11.9 Å². The minimum atomic E-state index is -0.0798. The topological polar surface area (TPSA) is 95.8 Å². The van der Waals surface area contributed by atoms with Crippen LogP contribution < -0.4 is 10.6 Å². The molecule has 2 aromatic carbocycles. The molecule has 2 aromatic heterocycles. The van der Waals surface area contributed by atoms with Gasteiger partial charge in [0.25, 0.3) is 0 Å². The van der Waals surface area contributed by atoms with Crippen LogP contribution in [0.3, 0.4) is 0 Å². The largest absolute Gasteiger partial charge is 0.419 e. The molecule has 1 fully saturated rings. The maximum atomic E-state index is 11.2. The van der Waals surface area contributed by atoms with E-state index in [0.717, 1.165) is 52.8 Å². The molecule has 0 saturated carbocycles. The van der Waals surface area contributed by atoms with Crippen LogP contribution in [0.2, 0.25) is 0 Å². The van der Waals surface area contributed by atoms with Crippen molar-refractivity contribution in [2.75, 3.05) is 11.9 Å². The predicted molar refractivity (Wildman–Crippen MR) is 111 cm³/mol. The second-order valence-corrected chi connectivity index (χ2v) is 7.34. The third-order valence-corrected chi connectivity index (χ3v) is 5.18. The molecule has 1 aliphatic heterocycles. The molecule has 0 bridgehead atoms. The first-order valence-corrected chi connectivity index (χ1v) is 9.74. The van der Waals surface area contributed by atoms with Crippen LogP contribution >= 0.6 is 0 Å². The highest BCUT2D eigenvalue weighted by molar-refractivity contribution is 5.90. The van der Waals surface area contributed by atoms with Crippen LogP contribution in [0.4, 0.5) is 5.69 Å². The summed E-state index contributed by atoms with van der Waals surface area (Å²) in [7, 11) is 0. The van der Waals surface area contributed by atoms with Gasteiger partial charge in [0, 0.05) is 34.8 Å². The number of carbonyl (C=O) groups is 1. The molecule has 0 radical (unpaired) electrons. The summed E-state index contributed by atoms with van der Waals surface area (Å²) >= 11 is 0. The fraction of sp³-hybridized carbons (Fsp3) is 0.227. The number of aromatic amines is 1. The van der Waals surface area contributed by atoms with Gasteiger partial charge in [0.1, 0.15) is 0 Å². The van der Waals surface area contributed by atoms with E-state index in [0.29, 0.717) is 11.8 Å². The lowest BCUT2D eigenvalue weighted by molar-refractivity contribution is -0.114. The second-order valence-electron chi connectivity index (χ2n) is 7.34. The highest BCUT2D eigenvalue weighted by Crippen LogP contribution is 2.30. The van der Waals surface area contributed by atoms with E-state index in [9.17, 15) is 4.79 Å². The molecule has 1 aliphatic rings. The minimum Gasteiger partial charge on any atom is -0.419 e. The average molecular weight is 387 g/mol. The molecule has 1 amide bonds. The van der Waals surface area contributed by atoms with Gasteiger partial charge in [-0.2, -0.15) is 0 Å². The zero-order valence-electron chi connectivity index (χ0n) is 16.0. The molecule has 3 N–H and O–H groups in total. The van der Waals surface area contributed by atoms with Crippen molar-refractivity contribution < 1.29 is 9.21 Å². The summed E-state index contributed by atoms with van der Waals surface area (Å²) in [6.07, 6.45) is 2.16. The summed E-state index contributed by atoms with van der Waals surface area (Å²) in [5.41, 5.74) is 4.77. The number of hydrogen-bond acceptors (Lipinski definition) is 5. The fourth-order valence-corrected chi connectivity index (χ4v) is 3.74. The fourth-order valence-electron chi connectivity index (χ4n) is 3.74. The quantitative estimate of drug-likeness (QED) is 0.486. The van der Waals surface area contributed by atoms with Crippen molar-refractivity contribution in [3.63, 3.8) is 0 Å². The van der Waals surface area contributed by atoms with Crippen molar-refractivity contribution in [2.24, 2.45) is 0 Å². The van der Waals surface area contributed by atoms with Gasteiger partial charge in [-0.3, -0.25) is 4.79 Å². The van der Waals surface area contributed by atoms with Crippen LogP contribution in [-0.2, 0) is 4.79 Å². The third-order valence-electron chi connectivity index (χ3n) is 5.18. The number of fused-ring (bicyclic) bond motifs is 1. The SMILES string of the molecule is CC(=O)Nc1ccc(-c2cc3cc(-c4nnc(C5CCCN5)o4)ccc3[nH]2)cc1. The molecule has 146 valence electrons. The smallest absolute Gasteiger partial charge is 0.247 e. The monoisotopic (exact) mass is 387 g/mol. The molecular weight excluding hydrogens is 366 g/mol. The summed E-state index contributed by atoms with van der Waals surface area (Å²) in [5, 5.41) is 15.7. The molecule has 29 heavy (non-hydrogen) atoms. The highest BCUT2D eigenvalue weighted by atomic mass is 16.4. The van der Waals surface area contributed by atoms with Crippen LogP contribution in [-0.4, -0.2) is 27.6 Å². The van der Waals surface area contributed by atoms with Crippen LogP contribution in [0, 0.1) is 0 Å². The van der Waals surface area contributed by atoms with E-state index in [2.05, 4.69) is 37.9 Å². The van der Waals surface area contributed by atoms with Gasteiger partial charge in [-0.25, -0.2) is 0 Å². The number of nitrogens with one attached hydrogen (secondary N) is 3. The first-order chi connectivity index (χ1) is 14.2. The minimum absolute atomic E-state index is 0.0798. The summed E-state index contributed by atoms with van der Waals surface area (Å²) in [5.74, 6) is 1.12. The van der Waals surface area contributed by atoms with Gasteiger partial charge < -0.3 is 20.0 Å². The van der Waals surface area contributed by atoms with Gasteiger partial charge in [-0.05, 0) is 61.3 Å². The van der Waals surface area contributed by atoms with Crippen LogP contribution in [0.5, 0.6) is 0 Å². The van der Waals surface area contributed by atoms with Crippen molar-refractivity contribution in [1.82, 2.24) is 20.5 Å². The van der Waals surface area contributed by atoms with E-state index >= 15 is 0 Å². The third kappa shape index (κ3) is 3.52. The van der Waals surface area contributed by atoms with Crippen molar-refractivity contribution >= 4 is 22.5 Å². The number of nitrogens with zero attached hydrogens (tertiary/aromatic N) is 2. The zero-order chi connectivity index (χ0) is 19.8. The van der Waals surface area contributed by atoms with Gasteiger partial charge in [0.15, 0.2) is 0 Å². The van der Waals surface area contributed by atoms with Crippen molar-refractivity contribution in [1.29, 1.82) is 0 Å². The summed E-state index contributed by atoms with van der Waals surface area (Å²) in [6, 6.07) is 16.1. The molecule has 1 saturated heterocycles. The molecule has 7 nitrogen and oxygen atoms in total. The molecule has 5 rings (SSSR count). The van der Waals surface area contributed by atoms with E-state index in [1.165, 1.54) is 6.92 Å². The Kier molecular flexibility index (Phi) is 4.37. The first kappa shape index (κ1) is 17.6. The van der Waals surface area contributed by atoms with Gasteiger partial charge in [0.05, 0.1) is 6.04 Å². The predicted octanol–water partition coefficient (Wildman–Crippen LogP) is 4.27. The number of carbonyl (C=O) groups excluding carboxylic acids is 1. The lowest BCUT2D eigenvalue weighted by Crippen LogP contribution is -2.12. The number of H-pyrrole nitrogens is 1. The molecule has 1 atom stereocenters. The van der Waals surface area contributed by atoms with Crippen molar-refractivity contribution in [3.8, 4) is 22.7 Å². The lowest BCUT2D eigenvalue weighted by Gasteiger charge is -2.03. The van der Waals surface area contributed by atoms with E-state index in [4.69, 9.17) is 4.42 Å². The van der Waals surface area contributed by atoms with Gasteiger partial charge >= 0.3 is 0 Å². The van der Waals surface area contributed by atoms with Gasteiger partial charge in [0.2, 0.25) is 17.7 Å².